The Bertz CT molecular complexity index is 719. The van der Waals surface area contributed by atoms with Gasteiger partial charge in [0.1, 0.15) is 5.01 Å². The Kier molecular flexibility index (Phi) is 3.44. The van der Waals surface area contributed by atoms with E-state index in [4.69, 9.17) is 5.73 Å². The molecule has 0 radical (unpaired) electrons. The quantitative estimate of drug-likeness (QED) is 0.728. The number of amides is 1. The summed E-state index contributed by atoms with van der Waals surface area (Å²) < 4.78 is 0. The number of rotatable bonds is 3. The van der Waals surface area contributed by atoms with Gasteiger partial charge in [-0.2, -0.15) is 0 Å². The van der Waals surface area contributed by atoms with E-state index in [1.165, 1.54) is 22.7 Å². The first-order chi connectivity index (χ1) is 9.72. The Morgan fingerprint density at radius 2 is 1.95 bits per heavy atom. The number of anilines is 2. The van der Waals surface area contributed by atoms with Gasteiger partial charge in [-0.15, -0.1) is 21.5 Å². The predicted molar refractivity (Wildman–Crippen MR) is 82.0 cm³/mol. The van der Waals surface area contributed by atoms with Gasteiger partial charge in [0.15, 0.2) is 0 Å². The van der Waals surface area contributed by atoms with Gasteiger partial charge in [-0.05, 0) is 35.7 Å². The molecule has 0 aliphatic rings. The molecule has 2 aromatic heterocycles. The summed E-state index contributed by atoms with van der Waals surface area (Å²) in [5.74, 6) is -0.167. The lowest BCUT2D eigenvalue weighted by Gasteiger charge is -1.97. The van der Waals surface area contributed by atoms with E-state index < -0.39 is 0 Å². The van der Waals surface area contributed by atoms with Crippen molar-refractivity contribution in [3.63, 3.8) is 0 Å². The highest BCUT2D eigenvalue weighted by Gasteiger charge is 2.11. The molecule has 3 N–H and O–H groups in total. The molecule has 20 heavy (non-hydrogen) atoms. The summed E-state index contributed by atoms with van der Waals surface area (Å²) >= 11 is 2.71. The summed E-state index contributed by atoms with van der Waals surface area (Å²) in [4.78, 5) is 12.5. The number of hydrogen-bond acceptors (Lipinski definition) is 6. The van der Waals surface area contributed by atoms with Crippen LogP contribution in [0.3, 0.4) is 0 Å². The molecule has 0 unspecified atom stereocenters. The second-order valence-corrected chi connectivity index (χ2v) is 5.89. The number of hydrogen-bond donors (Lipinski definition) is 2. The van der Waals surface area contributed by atoms with Crippen molar-refractivity contribution in [1.29, 1.82) is 0 Å². The number of aromatic nitrogens is 2. The number of thiophene rings is 1. The van der Waals surface area contributed by atoms with Crippen molar-refractivity contribution in [2.45, 2.75) is 0 Å². The highest BCUT2D eigenvalue weighted by Crippen LogP contribution is 2.27. The lowest BCUT2D eigenvalue weighted by molar-refractivity contribution is 0.103. The van der Waals surface area contributed by atoms with Crippen LogP contribution in [-0.2, 0) is 0 Å². The van der Waals surface area contributed by atoms with Crippen molar-refractivity contribution >= 4 is 39.4 Å². The van der Waals surface area contributed by atoms with Gasteiger partial charge in [0.25, 0.3) is 5.91 Å². The summed E-state index contributed by atoms with van der Waals surface area (Å²) in [6, 6.07) is 11.0. The number of carbonyl (C=O) groups excluding carboxylic acids is 1. The standard InChI is InChI=1S/C13H10N4OS2/c14-9-5-3-8(4-6-9)12-16-17-13(20-12)15-11(18)10-2-1-7-19-10/h1-7H,14H2,(H,15,17,18). The molecule has 7 heteroatoms. The number of nitrogens with two attached hydrogens (primary N) is 1. The largest absolute Gasteiger partial charge is 0.399 e. The first-order valence-corrected chi connectivity index (χ1v) is 7.46. The van der Waals surface area contributed by atoms with Gasteiger partial charge in [-0.3, -0.25) is 10.1 Å². The van der Waals surface area contributed by atoms with E-state index in [9.17, 15) is 4.79 Å². The van der Waals surface area contributed by atoms with Gasteiger partial charge in [-0.1, -0.05) is 17.4 Å². The van der Waals surface area contributed by atoms with E-state index in [1.807, 2.05) is 23.6 Å². The average molecular weight is 302 g/mol. The van der Waals surface area contributed by atoms with Crippen LogP contribution >= 0.6 is 22.7 Å². The lowest BCUT2D eigenvalue weighted by Crippen LogP contribution is -2.09. The molecule has 3 rings (SSSR count). The van der Waals surface area contributed by atoms with Crippen LogP contribution in [0.4, 0.5) is 10.8 Å². The minimum atomic E-state index is -0.167. The molecule has 0 saturated heterocycles. The highest BCUT2D eigenvalue weighted by molar-refractivity contribution is 7.18. The molecule has 3 aromatic rings. The zero-order valence-corrected chi connectivity index (χ0v) is 11.9. The maximum absolute atomic E-state index is 11.9. The fraction of sp³-hybridized carbons (Fsp3) is 0. The van der Waals surface area contributed by atoms with Crippen LogP contribution in [0.5, 0.6) is 0 Å². The smallest absolute Gasteiger partial charge is 0.267 e. The number of nitrogens with zero attached hydrogens (tertiary/aromatic N) is 2. The van der Waals surface area contributed by atoms with Crippen molar-refractivity contribution in [1.82, 2.24) is 10.2 Å². The second-order valence-electron chi connectivity index (χ2n) is 3.97. The third-order valence-electron chi connectivity index (χ3n) is 2.55. The molecule has 0 fully saturated rings. The minimum Gasteiger partial charge on any atom is -0.399 e. The summed E-state index contributed by atoms with van der Waals surface area (Å²) in [6.45, 7) is 0. The van der Waals surface area contributed by atoms with E-state index in [1.54, 1.807) is 18.2 Å². The molecule has 5 nitrogen and oxygen atoms in total. The number of carbonyl (C=O) groups is 1. The zero-order chi connectivity index (χ0) is 13.9. The minimum absolute atomic E-state index is 0.167. The first kappa shape index (κ1) is 12.8. The molecule has 1 amide bonds. The molecule has 0 aliphatic heterocycles. The molecule has 0 aliphatic carbocycles. The summed E-state index contributed by atoms with van der Waals surface area (Å²) in [6.07, 6.45) is 0. The van der Waals surface area contributed by atoms with Crippen molar-refractivity contribution < 1.29 is 4.79 Å². The fourth-order valence-corrected chi connectivity index (χ4v) is 2.95. The van der Waals surface area contributed by atoms with Crippen LogP contribution in [0.1, 0.15) is 9.67 Å². The highest BCUT2D eigenvalue weighted by atomic mass is 32.1. The van der Waals surface area contributed by atoms with Crippen molar-refractivity contribution in [2.24, 2.45) is 0 Å². The Morgan fingerprint density at radius 1 is 1.15 bits per heavy atom. The maximum atomic E-state index is 11.9. The molecule has 0 atom stereocenters. The molecule has 100 valence electrons. The maximum Gasteiger partial charge on any atom is 0.267 e. The zero-order valence-electron chi connectivity index (χ0n) is 10.2. The fourth-order valence-electron chi connectivity index (χ4n) is 1.58. The van der Waals surface area contributed by atoms with E-state index >= 15 is 0 Å². The first-order valence-electron chi connectivity index (χ1n) is 5.76. The molecule has 1 aromatic carbocycles. The van der Waals surface area contributed by atoms with Crippen LogP contribution < -0.4 is 11.1 Å². The number of nitrogens with one attached hydrogen (secondary N) is 1. The Balaban J connectivity index is 1.77. The monoisotopic (exact) mass is 302 g/mol. The van der Waals surface area contributed by atoms with Crippen LogP contribution in [0, 0.1) is 0 Å². The molecule has 0 spiro atoms. The van der Waals surface area contributed by atoms with Gasteiger partial charge < -0.3 is 5.73 Å². The van der Waals surface area contributed by atoms with Crippen molar-refractivity contribution in [3.8, 4) is 10.6 Å². The average Bonchev–Trinajstić information content (AvgIpc) is 3.10. The summed E-state index contributed by atoms with van der Waals surface area (Å²) in [7, 11) is 0. The Hall–Kier alpha value is -2.25. The van der Waals surface area contributed by atoms with E-state index in [0.717, 1.165) is 10.6 Å². The third-order valence-corrected chi connectivity index (χ3v) is 4.30. The summed E-state index contributed by atoms with van der Waals surface area (Å²) in [5, 5.41) is 13.9. The van der Waals surface area contributed by atoms with Crippen LogP contribution in [0.25, 0.3) is 10.6 Å². The van der Waals surface area contributed by atoms with Crippen molar-refractivity contribution in [2.75, 3.05) is 11.1 Å². The van der Waals surface area contributed by atoms with E-state index in [-0.39, 0.29) is 5.91 Å². The molecular weight excluding hydrogens is 292 g/mol. The normalized spacial score (nSPS) is 10.4. The second kappa shape index (κ2) is 5.40. The van der Waals surface area contributed by atoms with E-state index in [2.05, 4.69) is 15.5 Å². The van der Waals surface area contributed by atoms with Gasteiger partial charge >= 0.3 is 0 Å². The van der Waals surface area contributed by atoms with Crippen molar-refractivity contribution in [3.05, 3.63) is 46.7 Å². The predicted octanol–water partition coefficient (Wildman–Crippen LogP) is 3.10. The van der Waals surface area contributed by atoms with Gasteiger partial charge in [-0.25, -0.2) is 0 Å². The molecule has 0 saturated carbocycles. The molecular formula is C13H10N4OS2. The SMILES string of the molecule is Nc1ccc(-c2nnc(NC(=O)c3cccs3)s2)cc1. The van der Waals surface area contributed by atoms with Crippen LogP contribution in [0.15, 0.2) is 41.8 Å². The molecule has 0 bridgehead atoms. The number of benzene rings is 1. The Labute approximate surface area is 123 Å². The number of nitrogen functional groups attached to an aromatic ring is 1. The molecule has 2 heterocycles. The van der Waals surface area contributed by atoms with Gasteiger partial charge in [0.05, 0.1) is 4.88 Å². The van der Waals surface area contributed by atoms with Gasteiger partial charge in [0.2, 0.25) is 5.13 Å². The van der Waals surface area contributed by atoms with Gasteiger partial charge in [0, 0.05) is 11.3 Å². The summed E-state index contributed by atoms with van der Waals surface area (Å²) in [5.41, 5.74) is 7.26. The topological polar surface area (TPSA) is 80.9 Å². The Morgan fingerprint density at radius 3 is 2.65 bits per heavy atom. The lowest BCUT2D eigenvalue weighted by atomic mass is 10.2. The van der Waals surface area contributed by atoms with Crippen LogP contribution in [0.2, 0.25) is 0 Å². The van der Waals surface area contributed by atoms with Crippen LogP contribution in [-0.4, -0.2) is 16.1 Å². The third kappa shape index (κ3) is 2.68. The van der Waals surface area contributed by atoms with E-state index in [0.29, 0.717) is 15.7 Å².